The second kappa shape index (κ2) is 5.47. The summed E-state index contributed by atoms with van der Waals surface area (Å²) < 4.78 is 4.82. The van der Waals surface area contributed by atoms with Crippen LogP contribution in [0.5, 0.6) is 0 Å². The van der Waals surface area contributed by atoms with Gasteiger partial charge in [0.15, 0.2) is 0 Å². The van der Waals surface area contributed by atoms with Crippen molar-refractivity contribution >= 4 is 23.5 Å². The molecule has 0 aliphatic carbocycles. The molecule has 1 rings (SSSR count). The highest BCUT2D eigenvalue weighted by molar-refractivity contribution is 6.28. The van der Waals surface area contributed by atoms with Gasteiger partial charge in [-0.2, -0.15) is 0 Å². The van der Waals surface area contributed by atoms with Crippen LogP contribution >= 0.6 is 11.6 Å². The van der Waals surface area contributed by atoms with Crippen LogP contribution in [-0.4, -0.2) is 36.4 Å². The maximum Gasteiger partial charge on any atom is 0.275 e. The second-order valence-corrected chi connectivity index (χ2v) is 3.04. The van der Waals surface area contributed by atoms with Gasteiger partial charge in [-0.1, -0.05) is 0 Å². The molecule has 1 heterocycles. The first-order chi connectivity index (χ1) is 7.19. The van der Waals surface area contributed by atoms with Crippen LogP contribution in [0, 0.1) is 5.41 Å². The van der Waals surface area contributed by atoms with Crippen molar-refractivity contribution in [3.8, 4) is 0 Å². The fourth-order valence-corrected chi connectivity index (χ4v) is 1.19. The van der Waals surface area contributed by atoms with Crippen molar-refractivity contribution in [2.24, 2.45) is 0 Å². The van der Waals surface area contributed by atoms with Crippen LogP contribution in [0.25, 0.3) is 0 Å². The van der Waals surface area contributed by atoms with Crippen LogP contribution in [0.4, 0.5) is 5.69 Å². The van der Waals surface area contributed by atoms with Gasteiger partial charge in [0.1, 0.15) is 11.4 Å². The van der Waals surface area contributed by atoms with Gasteiger partial charge in [-0.3, -0.25) is 9.78 Å². The molecule has 0 aromatic carbocycles. The van der Waals surface area contributed by atoms with Crippen molar-refractivity contribution in [3.63, 3.8) is 0 Å². The number of H-pyrrole nitrogens is 1. The molecule has 1 aromatic rings. The van der Waals surface area contributed by atoms with Crippen molar-refractivity contribution in [2.75, 3.05) is 25.6 Å². The summed E-state index contributed by atoms with van der Waals surface area (Å²) in [6.07, 6.45) is 0.969. The predicted molar refractivity (Wildman–Crippen MR) is 58.1 cm³/mol. The summed E-state index contributed by atoms with van der Waals surface area (Å²) in [5.41, 5.74) is 0.0379. The third kappa shape index (κ3) is 3.03. The summed E-state index contributed by atoms with van der Waals surface area (Å²) in [5.74, 6) is 0. The Morgan fingerprint density at radius 3 is 3.07 bits per heavy atom. The first-order valence-corrected chi connectivity index (χ1v) is 4.60. The third-order valence-corrected chi connectivity index (χ3v) is 1.84. The molecule has 0 radical (unpaired) electrons. The van der Waals surface area contributed by atoms with Gasteiger partial charge in [0, 0.05) is 19.9 Å². The summed E-state index contributed by atoms with van der Waals surface area (Å²) >= 11 is 5.54. The molecule has 7 heteroatoms. The number of nitrogens with one attached hydrogen (secondary N) is 3. The lowest BCUT2D eigenvalue weighted by atomic mass is 10.3. The minimum absolute atomic E-state index is 0.0317. The van der Waals surface area contributed by atoms with Gasteiger partial charge in [0.2, 0.25) is 5.28 Å². The Bertz CT molecular complexity index is 404. The lowest BCUT2D eigenvalue weighted by molar-refractivity contribution is 0.210. The monoisotopic (exact) mass is 230 g/mol. The number of ether oxygens (including phenoxy) is 1. The Morgan fingerprint density at radius 1 is 1.73 bits per heavy atom. The van der Waals surface area contributed by atoms with E-state index in [4.69, 9.17) is 21.7 Å². The Kier molecular flexibility index (Phi) is 4.26. The number of anilines is 1. The molecule has 0 unspecified atom stereocenters. The third-order valence-electron chi connectivity index (χ3n) is 1.66. The number of aromatic nitrogens is 2. The minimum Gasteiger partial charge on any atom is -0.383 e. The molecule has 82 valence electrons. The molecule has 0 amide bonds. The maximum atomic E-state index is 11.4. The topological polar surface area (TPSA) is 90.9 Å². The van der Waals surface area contributed by atoms with Crippen LogP contribution in [0.1, 0.15) is 5.69 Å². The van der Waals surface area contributed by atoms with Crippen LogP contribution in [0.15, 0.2) is 4.79 Å². The maximum absolute atomic E-state index is 11.4. The lowest BCUT2D eigenvalue weighted by Crippen LogP contribution is -2.20. The molecule has 0 fully saturated rings. The van der Waals surface area contributed by atoms with E-state index < -0.39 is 5.56 Å². The molecule has 0 aliphatic heterocycles. The van der Waals surface area contributed by atoms with Crippen molar-refractivity contribution < 1.29 is 4.74 Å². The van der Waals surface area contributed by atoms with Crippen molar-refractivity contribution in [1.29, 1.82) is 5.41 Å². The summed E-state index contributed by atoms with van der Waals surface area (Å²) in [7, 11) is 1.56. The Balaban J connectivity index is 2.94. The molecular formula is C8H11ClN4O2. The van der Waals surface area contributed by atoms with E-state index in [1.54, 1.807) is 7.11 Å². The number of halogens is 1. The van der Waals surface area contributed by atoms with Crippen molar-refractivity contribution in [2.45, 2.75) is 0 Å². The van der Waals surface area contributed by atoms with Crippen LogP contribution in [-0.2, 0) is 4.74 Å². The molecule has 0 spiro atoms. The Hall–Kier alpha value is -1.40. The average Bonchev–Trinajstić information content (AvgIpc) is 2.20. The highest BCUT2D eigenvalue weighted by atomic mass is 35.5. The first kappa shape index (κ1) is 11.7. The molecule has 0 saturated carbocycles. The van der Waals surface area contributed by atoms with Crippen molar-refractivity contribution in [3.05, 3.63) is 21.3 Å². The zero-order valence-electron chi connectivity index (χ0n) is 8.13. The van der Waals surface area contributed by atoms with E-state index in [1.807, 2.05) is 0 Å². The number of hydrogen-bond acceptors (Lipinski definition) is 5. The van der Waals surface area contributed by atoms with E-state index in [2.05, 4.69) is 15.3 Å². The Labute approximate surface area is 91.1 Å². The zero-order chi connectivity index (χ0) is 11.3. The first-order valence-electron chi connectivity index (χ1n) is 4.22. The van der Waals surface area contributed by atoms with Gasteiger partial charge in [-0.25, -0.2) is 4.98 Å². The van der Waals surface area contributed by atoms with E-state index in [0.29, 0.717) is 13.2 Å². The summed E-state index contributed by atoms with van der Waals surface area (Å²) in [6.45, 7) is 0.920. The van der Waals surface area contributed by atoms with Gasteiger partial charge >= 0.3 is 0 Å². The number of rotatable bonds is 5. The highest BCUT2D eigenvalue weighted by Gasteiger charge is 2.07. The highest BCUT2D eigenvalue weighted by Crippen LogP contribution is 2.06. The van der Waals surface area contributed by atoms with Gasteiger partial charge < -0.3 is 15.5 Å². The number of hydrogen-bond donors (Lipinski definition) is 3. The SMILES string of the molecule is COCCNc1c(C=N)nc(Cl)[nH]c1=O. The fourth-order valence-electron chi connectivity index (χ4n) is 1.02. The molecule has 0 aliphatic rings. The smallest absolute Gasteiger partial charge is 0.275 e. The standard InChI is InChI=1S/C8H11ClN4O2/c1-15-3-2-11-6-5(4-10)12-8(9)13-7(6)14/h4,10-11H,2-3H2,1H3,(H,12,13,14). The molecule has 6 nitrogen and oxygen atoms in total. The molecule has 0 atom stereocenters. The fraction of sp³-hybridized carbons (Fsp3) is 0.375. The molecule has 0 saturated heterocycles. The van der Waals surface area contributed by atoms with E-state index >= 15 is 0 Å². The lowest BCUT2D eigenvalue weighted by Gasteiger charge is -2.06. The Morgan fingerprint density at radius 2 is 2.47 bits per heavy atom. The van der Waals surface area contributed by atoms with E-state index in [1.165, 1.54) is 0 Å². The number of methoxy groups -OCH3 is 1. The van der Waals surface area contributed by atoms with E-state index in [-0.39, 0.29) is 16.7 Å². The predicted octanol–water partition coefficient (Wildman–Crippen LogP) is 0.479. The number of nitrogens with zero attached hydrogens (tertiary/aromatic N) is 1. The van der Waals surface area contributed by atoms with Gasteiger partial charge in [0.05, 0.1) is 6.61 Å². The molecule has 3 N–H and O–H groups in total. The second-order valence-electron chi connectivity index (χ2n) is 2.68. The van der Waals surface area contributed by atoms with Crippen LogP contribution in [0.2, 0.25) is 5.28 Å². The quantitative estimate of drug-likeness (QED) is 0.390. The summed E-state index contributed by atoms with van der Waals surface area (Å²) in [6, 6.07) is 0. The minimum atomic E-state index is -0.399. The van der Waals surface area contributed by atoms with E-state index in [9.17, 15) is 4.79 Å². The summed E-state index contributed by atoms with van der Waals surface area (Å²) in [4.78, 5) is 17.6. The molecular weight excluding hydrogens is 220 g/mol. The number of aromatic amines is 1. The van der Waals surface area contributed by atoms with Gasteiger partial charge in [-0.05, 0) is 11.6 Å². The van der Waals surface area contributed by atoms with Gasteiger partial charge in [-0.15, -0.1) is 0 Å². The zero-order valence-corrected chi connectivity index (χ0v) is 8.89. The van der Waals surface area contributed by atoms with Crippen LogP contribution in [0.3, 0.4) is 0 Å². The molecule has 15 heavy (non-hydrogen) atoms. The molecule has 0 bridgehead atoms. The van der Waals surface area contributed by atoms with Gasteiger partial charge in [0.25, 0.3) is 5.56 Å². The average molecular weight is 231 g/mol. The van der Waals surface area contributed by atoms with E-state index in [0.717, 1.165) is 6.21 Å². The van der Waals surface area contributed by atoms with Crippen LogP contribution < -0.4 is 10.9 Å². The summed E-state index contributed by atoms with van der Waals surface area (Å²) in [5, 5.41) is 9.88. The van der Waals surface area contributed by atoms with Crippen molar-refractivity contribution in [1.82, 2.24) is 9.97 Å². The largest absolute Gasteiger partial charge is 0.383 e. The molecule has 1 aromatic heterocycles. The normalized spacial score (nSPS) is 10.0.